The molecule has 1 N–H and O–H groups in total. The molecule has 0 fully saturated rings. The average molecular weight is 376 g/mol. The Labute approximate surface area is 164 Å². The Hall–Kier alpha value is -3.15. The van der Waals surface area contributed by atoms with E-state index in [0.717, 1.165) is 16.8 Å². The first-order valence-corrected chi connectivity index (χ1v) is 9.56. The van der Waals surface area contributed by atoms with Crippen LogP contribution in [0.1, 0.15) is 29.7 Å². The van der Waals surface area contributed by atoms with E-state index >= 15 is 0 Å². The van der Waals surface area contributed by atoms with Gasteiger partial charge in [-0.15, -0.1) is 0 Å². The molecule has 1 aliphatic heterocycles. The highest BCUT2D eigenvalue weighted by Crippen LogP contribution is 2.22. The summed E-state index contributed by atoms with van der Waals surface area (Å²) in [4.78, 5) is 30.2. The summed E-state index contributed by atoms with van der Waals surface area (Å²) in [6.45, 7) is 0.582. The minimum atomic E-state index is 0.0119. The number of anilines is 1. The third kappa shape index (κ3) is 3.63. The van der Waals surface area contributed by atoms with E-state index in [1.165, 1.54) is 10.9 Å². The lowest BCUT2D eigenvalue weighted by Gasteiger charge is -2.19. The van der Waals surface area contributed by atoms with Gasteiger partial charge in [0.1, 0.15) is 5.82 Å². The predicted molar refractivity (Wildman–Crippen MR) is 109 cm³/mol. The number of aryl methyl sites for hydroxylation is 3. The fourth-order valence-corrected chi connectivity index (χ4v) is 3.71. The molecule has 0 saturated heterocycles. The zero-order chi connectivity index (χ0) is 19.7. The van der Waals surface area contributed by atoms with E-state index in [1.54, 1.807) is 11.1 Å². The number of nitrogens with one attached hydrogen (secondary N) is 1. The Morgan fingerprint density at radius 3 is 2.89 bits per heavy atom. The van der Waals surface area contributed by atoms with Crippen LogP contribution in [0.3, 0.4) is 0 Å². The summed E-state index contributed by atoms with van der Waals surface area (Å²) >= 11 is 0. The Kier molecular flexibility index (Phi) is 4.86. The monoisotopic (exact) mass is 376 g/mol. The Morgan fingerprint density at radius 2 is 2.07 bits per heavy atom. The van der Waals surface area contributed by atoms with E-state index in [0.29, 0.717) is 38.0 Å². The number of hydrogen-bond acceptors (Lipinski definition) is 3. The second kappa shape index (κ2) is 7.46. The number of benzene rings is 1. The summed E-state index contributed by atoms with van der Waals surface area (Å²) in [6.07, 6.45) is 4.03. The zero-order valence-electron chi connectivity index (χ0n) is 16.2. The molecular formula is C22H24N4O2. The van der Waals surface area contributed by atoms with Crippen molar-refractivity contribution < 1.29 is 9.59 Å². The van der Waals surface area contributed by atoms with Crippen LogP contribution in [0.2, 0.25) is 0 Å². The van der Waals surface area contributed by atoms with Crippen molar-refractivity contribution in [2.45, 2.75) is 32.2 Å². The summed E-state index contributed by atoms with van der Waals surface area (Å²) in [7, 11) is 3.88. The van der Waals surface area contributed by atoms with Crippen molar-refractivity contribution in [2.75, 3.05) is 12.4 Å². The van der Waals surface area contributed by atoms with Gasteiger partial charge in [0.05, 0.1) is 6.54 Å². The van der Waals surface area contributed by atoms with E-state index in [9.17, 15) is 9.59 Å². The highest BCUT2D eigenvalue weighted by molar-refractivity contribution is 5.92. The summed E-state index contributed by atoms with van der Waals surface area (Å²) < 4.78 is 2.14. The highest BCUT2D eigenvalue weighted by Gasteiger charge is 2.17. The zero-order valence-corrected chi connectivity index (χ0v) is 16.2. The van der Waals surface area contributed by atoms with Crippen molar-refractivity contribution in [3.63, 3.8) is 0 Å². The summed E-state index contributed by atoms with van der Waals surface area (Å²) in [5, 5.41) is 3.97. The van der Waals surface area contributed by atoms with Gasteiger partial charge in [-0.3, -0.25) is 9.59 Å². The molecule has 0 atom stereocenters. The van der Waals surface area contributed by atoms with E-state index in [4.69, 9.17) is 0 Å². The quantitative estimate of drug-likeness (QED) is 0.744. The minimum Gasteiger partial charge on any atom is -0.346 e. The van der Waals surface area contributed by atoms with Gasteiger partial charge in [-0.1, -0.05) is 24.3 Å². The second-order valence-electron chi connectivity index (χ2n) is 7.40. The molecule has 0 radical (unpaired) electrons. The first kappa shape index (κ1) is 18.2. The first-order valence-electron chi connectivity index (χ1n) is 9.56. The van der Waals surface area contributed by atoms with Crippen molar-refractivity contribution in [2.24, 2.45) is 7.05 Å². The first-order chi connectivity index (χ1) is 13.5. The number of para-hydroxylation sites is 1. The minimum absolute atomic E-state index is 0.0119. The molecule has 0 aliphatic carbocycles. The van der Waals surface area contributed by atoms with E-state index in [2.05, 4.69) is 39.1 Å². The molecule has 0 spiro atoms. The van der Waals surface area contributed by atoms with Crippen molar-refractivity contribution >= 4 is 28.5 Å². The van der Waals surface area contributed by atoms with E-state index in [1.807, 2.05) is 26.2 Å². The number of rotatable bonds is 5. The molecular weight excluding hydrogens is 352 g/mol. The summed E-state index contributed by atoms with van der Waals surface area (Å²) in [5.74, 6) is 0.772. The molecule has 144 valence electrons. The highest BCUT2D eigenvalue weighted by atomic mass is 16.2. The van der Waals surface area contributed by atoms with Crippen LogP contribution in [0.25, 0.3) is 10.9 Å². The van der Waals surface area contributed by atoms with Gasteiger partial charge < -0.3 is 14.8 Å². The smallest absolute Gasteiger partial charge is 0.225 e. The van der Waals surface area contributed by atoms with Crippen molar-refractivity contribution in [3.8, 4) is 0 Å². The van der Waals surface area contributed by atoms with Gasteiger partial charge in [-0.05, 0) is 41.5 Å². The van der Waals surface area contributed by atoms with Crippen molar-refractivity contribution in [1.82, 2.24) is 14.5 Å². The molecule has 0 unspecified atom stereocenters. The predicted octanol–water partition coefficient (Wildman–Crippen LogP) is 3.05. The maximum absolute atomic E-state index is 12.6. The molecule has 0 saturated carbocycles. The van der Waals surface area contributed by atoms with Gasteiger partial charge in [0.25, 0.3) is 0 Å². The fraction of sp³-hybridized carbons (Fsp3) is 0.318. The van der Waals surface area contributed by atoms with Crippen LogP contribution in [0, 0.1) is 0 Å². The Bertz CT molecular complexity index is 1050. The van der Waals surface area contributed by atoms with Crippen LogP contribution < -0.4 is 5.32 Å². The number of nitrogens with zero attached hydrogens (tertiary/aromatic N) is 3. The molecule has 3 aromatic rings. The molecule has 28 heavy (non-hydrogen) atoms. The number of fused-ring (bicyclic) bond motifs is 2. The SMILES string of the molecule is CN(Cc1cc2ccccc2n1C)C(=O)CCc1cnc2c(c1)CCC(=O)N2. The maximum Gasteiger partial charge on any atom is 0.225 e. The number of carbonyl (C=O) groups is 2. The molecule has 6 heteroatoms. The lowest BCUT2D eigenvalue weighted by atomic mass is 10.0. The molecule has 4 rings (SSSR count). The van der Waals surface area contributed by atoms with Crippen LogP contribution in [-0.2, 0) is 36.0 Å². The van der Waals surface area contributed by atoms with Gasteiger partial charge >= 0.3 is 0 Å². The topological polar surface area (TPSA) is 67.2 Å². The van der Waals surface area contributed by atoms with Gasteiger partial charge in [0.15, 0.2) is 0 Å². The normalized spacial score (nSPS) is 13.3. The lowest BCUT2D eigenvalue weighted by Crippen LogP contribution is -2.27. The van der Waals surface area contributed by atoms with E-state index < -0.39 is 0 Å². The van der Waals surface area contributed by atoms with Crippen LogP contribution >= 0.6 is 0 Å². The van der Waals surface area contributed by atoms with Crippen molar-refractivity contribution in [3.05, 3.63) is 59.4 Å². The second-order valence-corrected chi connectivity index (χ2v) is 7.40. The van der Waals surface area contributed by atoms with Gasteiger partial charge in [0.2, 0.25) is 11.8 Å². The van der Waals surface area contributed by atoms with Crippen LogP contribution in [0.4, 0.5) is 5.82 Å². The van der Waals surface area contributed by atoms with E-state index in [-0.39, 0.29) is 11.8 Å². The number of amides is 2. The molecule has 1 aromatic carbocycles. The molecule has 6 nitrogen and oxygen atoms in total. The van der Waals surface area contributed by atoms with Crippen LogP contribution in [0.5, 0.6) is 0 Å². The van der Waals surface area contributed by atoms with Crippen LogP contribution in [-0.4, -0.2) is 33.3 Å². The molecule has 2 aromatic heterocycles. The molecule has 0 bridgehead atoms. The van der Waals surface area contributed by atoms with Crippen LogP contribution in [0.15, 0.2) is 42.6 Å². The Morgan fingerprint density at radius 1 is 1.25 bits per heavy atom. The molecule has 1 aliphatic rings. The number of pyridine rings is 1. The van der Waals surface area contributed by atoms with Gasteiger partial charge in [-0.25, -0.2) is 4.98 Å². The lowest BCUT2D eigenvalue weighted by molar-refractivity contribution is -0.130. The average Bonchev–Trinajstić information content (AvgIpc) is 3.01. The summed E-state index contributed by atoms with van der Waals surface area (Å²) in [6, 6.07) is 12.4. The number of carbonyl (C=O) groups excluding carboxylic acids is 2. The van der Waals surface area contributed by atoms with Gasteiger partial charge in [0, 0.05) is 44.3 Å². The molecule has 3 heterocycles. The fourth-order valence-electron chi connectivity index (χ4n) is 3.71. The maximum atomic E-state index is 12.6. The Balaban J connectivity index is 1.38. The molecule has 2 amide bonds. The number of hydrogen-bond donors (Lipinski definition) is 1. The van der Waals surface area contributed by atoms with Crippen molar-refractivity contribution in [1.29, 1.82) is 0 Å². The standard InChI is InChI=1S/C22H24N4O2/c1-25(14-18-12-16-5-3-4-6-19(16)26(18)2)21(28)10-7-15-11-17-8-9-20(27)24-22(17)23-13-15/h3-6,11-13H,7-10,14H2,1-2H3,(H,23,24,27). The third-order valence-corrected chi connectivity index (χ3v) is 5.41. The number of aromatic nitrogens is 2. The van der Waals surface area contributed by atoms with Gasteiger partial charge in [-0.2, -0.15) is 0 Å². The summed E-state index contributed by atoms with van der Waals surface area (Å²) in [5.41, 5.74) is 4.36. The third-order valence-electron chi connectivity index (χ3n) is 5.41. The largest absolute Gasteiger partial charge is 0.346 e.